The molecule has 0 aromatic heterocycles. The van der Waals surface area contributed by atoms with E-state index in [2.05, 4.69) is 4.74 Å². The average molecular weight is 359 g/mol. The lowest BCUT2D eigenvalue weighted by molar-refractivity contribution is -0.422. The number of nitro benzene ring substituents is 2. The molecule has 1 amide bonds. The third kappa shape index (κ3) is 3.48. The number of methoxy groups -OCH3 is 1. The molecule has 10 heteroatoms. The summed E-state index contributed by atoms with van der Waals surface area (Å²) in [6.07, 6.45) is 0. The number of carbonyl (C=O) groups excluding carboxylic acids is 2. The zero-order chi connectivity index (χ0) is 19.4. The van der Waals surface area contributed by atoms with Gasteiger partial charge in [-0.2, -0.15) is 0 Å². The zero-order valence-corrected chi connectivity index (χ0v) is 13.7. The van der Waals surface area contributed by atoms with Gasteiger partial charge in [-0.1, -0.05) is 12.1 Å². The molecular weight excluding hydrogens is 346 g/mol. The van der Waals surface area contributed by atoms with Crippen molar-refractivity contribution in [1.29, 1.82) is 0 Å². The second kappa shape index (κ2) is 7.38. The van der Waals surface area contributed by atoms with Crippen molar-refractivity contribution in [3.63, 3.8) is 0 Å². The Kier molecular flexibility index (Phi) is 5.26. The fourth-order valence-corrected chi connectivity index (χ4v) is 2.31. The number of hydrogen-bond donors (Lipinski definition) is 0. The molecule has 0 spiro atoms. The summed E-state index contributed by atoms with van der Waals surface area (Å²) in [6, 6.07) is 9.00. The van der Waals surface area contributed by atoms with E-state index in [9.17, 15) is 29.8 Å². The number of nitro groups is 2. The highest BCUT2D eigenvalue weighted by Crippen LogP contribution is 2.29. The third-order valence-electron chi connectivity index (χ3n) is 3.59. The lowest BCUT2D eigenvalue weighted by Gasteiger charge is -2.19. The van der Waals surface area contributed by atoms with E-state index in [1.807, 2.05) is 0 Å². The second-order valence-corrected chi connectivity index (χ2v) is 5.09. The summed E-state index contributed by atoms with van der Waals surface area (Å²) in [6.45, 7) is 0. The number of para-hydroxylation sites is 1. The Morgan fingerprint density at radius 2 is 1.62 bits per heavy atom. The molecule has 0 saturated heterocycles. The largest absolute Gasteiger partial charge is 0.465 e. The van der Waals surface area contributed by atoms with Crippen LogP contribution in [0.2, 0.25) is 0 Å². The predicted octanol–water partition coefficient (Wildman–Crippen LogP) is 2.57. The Hall–Kier alpha value is -3.82. The van der Waals surface area contributed by atoms with E-state index >= 15 is 0 Å². The van der Waals surface area contributed by atoms with Crippen molar-refractivity contribution in [2.75, 3.05) is 19.1 Å². The number of esters is 1. The maximum absolute atomic E-state index is 12.6. The maximum Gasteiger partial charge on any atom is 0.346 e. The molecule has 0 heterocycles. The zero-order valence-electron chi connectivity index (χ0n) is 13.7. The van der Waals surface area contributed by atoms with Gasteiger partial charge in [0.25, 0.3) is 5.91 Å². The molecule has 2 aromatic rings. The molecule has 0 radical (unpaired) electrons. The molecule has 0 aliphatic carbocycles. The van der Waals surface area contributed by atoms with Crippen LogP contribution in [0, 0.1) is 20.2 Å². The summed E-state index contributed by atoms with van der Waals surface area (Å²) in [5.41, 5.74) is -1.29. The molecule has 0 N–H and O–H groups in total. The smallest absolute Gasteiger partial charge is 0.346 e. The lowest BCUT2D eigenvalue weighted by Crippen LogP contribution is -2.28. The number of carbonyl (C=O) groups is 2. The number of amides is 1. The topological polar surface area (TPSA) is 133 Å². The minimum atomic E-state index is -0.933. The van der Waals surface area contributed by atoms with E-state index in [1.54, 1.807) is 12.1 Å². The van der Waals surface area contributed by atoms with Crippen LogP contribution in [0.5, 0.6) is 0 Å². The fourth-order valence-electron chi connectivity index (χ4n) is 2.31. The van der Waals surface area contributed by atoms with Gasteiger partial charge in [0, 0.05) is 24.7 Å². The van der Waals surface area contributed by atoms with Crippen molar-refractivity contribution in [2.45, 2.75) is 0 Å². The summed E-state index contributed by atoms with van der Waals surface area (Å²) in [5.74, 6) is -1.34. The fraction of sp³-hybridized carbons (Fsp3) is 0.125. The van der Waals surface area contributed by atoms with Gasteiger partial charge in [0.05, 0.1) is 28.2 Å². The second-order valence-electron chi connectivity index (χ2n) is 5.09. The first kappa shape index (κ1) is 18.5. The Labute approximate surface area is 146 Å². The molecule has 0 atom stereocenters. The number of ether oxygens (including phenoxy) is 1. The van der Waals surface area contributed by atoms with E-state index < -0.39 is 33.1 Å². The van der Waals surface area contributed by atoms with Crippen LogP contribution < -0.4 is 4.90 Å². The SMILES string of the molecule is COC(=O)c1ccccc1N(C)C(=O)c1ccc([N+](=O)[O-])c([N+](=O)[O-])c1. The number of hydrogen-bond acceptors (Lipinski definition) is 7. The summed E-state index contributed by atoms with van der Waals surface area (Å²) in [5, 5.41) is 21.9. The van der Waals surface area contributed by atoms with Crippen molar-refractivity contribution in [1.82, 2.24) is 0 Å². The van der Waals surface area contributed by atoms with Crippen molar-refractivity contribution < 1.29 is 24.2 Å². The van der Waals surface area contributed by atoms with Gasteiger partial charge in [0.1, 0.15) is 0 Å². The molecule has 0 bridgehead atoms. The van der Waals surface area contributed by atoms with E-state index in [0.717, 1.165) is 23.1 Å². The molecule has 26 heavy (non-hydrogen) atoms. The minimum Gasteiger partial charge on any atom is -0.465 e. The molecule has 0 aliphatic heterocycles. The van der Waals surface area contributed by atoms with Crippen LogP contribution in [0.1, 0.15) is 20.7 Å². The molecular formula is C16H13N3O7. The molecule has 2 rings (SSSR count). The molecule has 0 aliphatic rings. The highest BCUT2D eigenvalue weighted by Gasteiger charge is 2.27. The van der Waals surface area contributed by atoms with Gasteiger partial charge in [-0.3, -0.25) is 25.0 Å². The highest BCUT2D eigenvalue weighted by molar-refractivity contribution is 6.09. The quantitative estimate of drug-likeness (QED) is 0.455. The normalized spacial score (nSPS) is 10.1. The summed E-state index contributed by atoms with van der Waals surface area (Å²) in [7, 11) is 2.57. The standard InChI is InChI=1S/C16H13N3O7/c1-17(12-6-4-3-5-11(12)16(21)26-2)15(20)10-7-8-13(18(22)23)14(9-10)19(24)25/h3-9H,1-2H3. The Morgan fingerprint density at radius 1 is 1.00 bits per heavy atom. The minimum absolute atomic E-state index is 0.127. The first-order valence-electron chi connectivity index (χ1n) is 7.16. The van der Waals surface area contributed by atoms with Crippen molar-refractivity contribution in [3.05, 3.63) is 73.8 Å². The van der Waals surface area contributed by atoms with Gasteiger partial charge in [0.2, 0.25) is 0 Å². The van der Waals surface area contributed by atoms with Crippen LogP contribution in [-0.4, -0.2) is 35.9 Å². The first-order valence-corrected chi connectivity index (χ1v) is 7.16. The van der Waals surface area contributed by atoms with Crippen molar-refractivity contribution in [2.24, 2.45) is 0 Å². The van der Waals surface area contributed by atoms with Gasteiger partial charge < -0.3 is 9.64 Å². The van der Waals surface area contributed by atoms with Crippen LogP contribution in [0.25, 0.3) is 0 Å². The van der Waals surface area contributed by atoms with Crippen LogP contribution in [0.3, 0.4) is 0 Å². The van der Waals surface area contributed by atoms with E-state index in [1.165, 1.54) is 26.3 Å². The van der Waals surface area contributed by atoms with E-state index in [0.29, 0.717) is 0 Å². The van der Waals surface area contributed by atoms with Crippen LogP contribution in [0.4, 0.5) is 17.1 Å². The molecule has 2 aromatic carbocycles. The van der Waals surface area contributed by atoms with Gasteiger partial charge >= 0.3 is 17.3 Å². The van der Waals surface area contributed by atoms with Gasteiger partial charge in [-0.05, 0) is 18.2 Å². The van der Waals surface area contributed by atoms with Gasteiger partial charge in [0.15, 0.2) is 0 Å². The van der Waals surface area contributed by atoms with E-state index in [-0.39, 0.29) is 16.8 Å². The number of anilines is 1. The number of rotatable bonds is 5. The first-order chi connectivity index (χ1) is 12.3. The Balaban J connectivity index is 2.47. The third-order valence-corrected chi connectivity index (χ3v) is 3.59. The summed E-state index contributed by atoms with van der Waals surface area (Å²) in [4.78, 5) is 45.7. The number of benzene rings is 2. The molecule has 10 nitrogen and oxygen atoms in total. The Bertz CT molecular complexity index is 910. The van der Waals surface area contributed by atoms with Crippen molar-refractivity contribution in [3.8, 4) is 0 Å². The van der Waals surface area contributed by atoms with Gasteiger partial charge in [-0.15, -0.1) is 0 Å². The molecule has 0 unspecified atom stereocenters. The van der Waals surface area contributed by atoms with Crippen LogP contribution >= 0.6 is 0 Å². The van der Waals surface area contributed by atoms with Crippen LogP contribution in [-0.2, 0) is 4.74 Å². The van der Waals surface area contributed by atoms with E-state index in [4.69, 9.17) is 0 Å². The van der Waals surface area contributed by atoms with Gasteiger partial charge in [-0.25, -0.2) is 4.79 Å². The summed E-state index contributed by atoms with van der Waals surface area (Å²) < 4.78 is 4.66. The molecule has 134 valence electrons. The maximum atomic E-state index is 12.6. The highest BCUT2D eigenvalue weighted by atomic mass is 16.6. The van der Waals surface area contributed by atoms with Crippen molar-refractivity contribution >= 4 is 28.9 Å². The lowest BCUT2D eigenvalue weighted by atomic mass is 10.1. The summed E-state index contributed by atoms with van der Waals surface area (Å²) >= 11 is 0. The van der Waals surface area contributed by atoms with Crippen LogP contribution in [0.15, 0.2) is 42.5 Å². The predicted molar refractivity (Wildman–Crippen MR) is 90.3 cm³/mol. The molecule has 0 fully saturated rings. The molecule has 0 saturated carbocycles. The average Bonchev–Trinajstić information content (AvgIpc) is 2.65. The monoisotopic (exact) mass is 359 g/mol. The number of nitrogens with zero attached hydrogens (tertiary/aromatic N) is 3. The Morgan fingerprint density at radius 3 is 2.19 bits per heavy atom.